The molecule has 0 heterocycles. The van der Waals surface area contributed by atoms with Gasteiger partial charge in [-0.1, -0.05) is 0 Å². The third-order valence-corrected chi connectivity index (χ3v) is 2.67. The maximum atomic E-state index is 13.0. The highest BCUT2D eigenvalue weighted by atomic mass is 19.3. The van der Waals surface area contributed by atoms with Gasteiger partial charge in [0.25, 0.3) is 6.43 Å². The fourth-order valence-electron chi connectivity index (χ4n) is 1.76. The summed E-state index contributed by atoms with van der Waals surface area (Å²) in [5.74, 6) is -1.25. The van der Waals surface area contributed by atoms with Crippen LogP contribution in [0.25, 0.3) is 0 Å². The van der Waals surface area contributed by atoms with Crippen molar-refractivity contribution in [3.05, 3.63) is 35.4 Å². The van der Waals surface area contributed by atoms with Gasteiger partial charge in [0.1, 0.15) is 18.2 Å². The van der Waals surface area contributed by atoms with Crippen LogP contribution in [0.5, 0.6) is 0 Å². The molecule has 6 heteroatoms. The van der Waals surface area contributed by atoms with Gasteiger partial charge in [-0.3, -0.25) is 0 Å². The van der Waals surface area contributed by atoms with E-state index in [-0.39, 0.29) is 12.6 Å². The van der Waals surface area contributed by atoms with Gasteiger partial charge in [0.2, 0.25) is 0 Å². The van der Waals surface area contributed by atoms with Gasteiger partial charge >= 0.3 is 0 Å². The first kappa shape index (κ1) is 15.9. The number of ether oxygens (including phenoxy) is 1. The summed E-state index contributed by atoms with van der Waals surface area (Å²) >= 11 is 0. The lowest BCUT2D eigenvalue weighted by Gasteiger charge is -2.16. The Morgan fingerprint density at radius 3 is 2.32 bits per heavy atom. The molecule has 19 heavy (non-hydrogen) atoms. The molecule has 0 radical (unpaired) electrons. The van der Waals surface area contributed by atoms with Crippen LogP contribution < -0.4 is 5.32 Å². The predicted octanol–water partition coefficient (Wildman–Crippen LogP) is 2.77. The summed E-state index contributed by atoms with van der Waals surface area (Å²) in [5.41, 5.74) is 0.519. The normalized spacial score (nSPS) is 12.9. The second-order valence-corrected chi connectivity index (χ2v) is 4.22. The highest BCUT2D eigenvalue weighted by Gasteiger charge is 2.10. The molecule has 0 aliphatic carbocycles. The van der Waals surface area contributed by atoms with E-state index in [0.717, 1.165) is 6.07 Å². The smallest absolute Gasteiger partial charge is 0.261 e. The molecule has 108 valence electrons. The lowest BCUT2D eigenvalue weighted by Crippen LogP contribution is -2.29. The fourth-order valence-corrected chi connectivity index (χ4v) is 1.76. The number of nitrogens with one attached hydrogen (secondary N) is 1. The lowest BCUT2D eigenvalue weighted by atomic mass is 10.0. The van der Waals surface area contributed by atoms with E-state index >= 15 is 0 Å². The quantitative estimate of drug-likeness (QED) is 0.583. The summed E-state index contributed by atoms with van der Waals surface area (Å²) in [7, 11) is 1.70. The first-order chi connectivity index (χ1) is 9.01. The molecule has 0 saturated carbocycles. The minimum atomic E-state index is -2.48. The fraction of sp³-hybridized carbons (Fsp3) is 0.538. The number of halogens is 4. The van der Waals surface area contributed by atoms with Gasteiger partial charge in [0.05, 0.1) is 0 Å². The van der Waals surface area contributed by atoms with Gasteiger partial charge in [0, 0.05) is 18.7 Å². The van der Waals surface area contributed by atoms with Gasteiger partial charge < -0.3 is 10.1 Å². The van der Waals surface area contributed by atoms with Gasteiger partial charge in [-0.05, 0) is 37.6 Å². The average molecular weight is 279 g/mol. The molecule has 0 aliphatic heterocycles. The third-order valence-electron chi connectivity index (χ3n) is 2.67. The largest absolute Gasteiger partial charge is 0.375 e. The van der Waals surface area contributed by atoms with Gasteiger partial charge in [-0.2, -0.15) is 0 Å². The van der Waals surface area contributed by atoms with Crippen LogP contribution in [-0.4, -0.2) is 32.7 Å². The first-order valence-corrected chi connectivity index (χ1v) is 5.99. The molecule has 1 aromatic rings. The predicted molar refractivity (Wildman–Crippen MR) is 64.3 cm³/mol. The highest BCUT2D eigenvalue weighted by molar-refractivity contribution is 5.18. The Morgan fingerprint density at radius 2 is 1.79 bits per heavy atom. The Labute approximate surface area is 109 Å². The van der Waals surface area contributed by atoms with Crippen molar-refractivity contribution >= 4 is 0 Å². The van der Waals surface area contributed by atoms with Crippen LogP contribution in [-0.2, 0) is 11.2 Å². The van der Waals surface area contributed by atoms with Crippen LogP contribution in [0.1, 0.15) is 12.0 Å². The van der Waals surface area contributed by atoms with E-state index in [1.54, 1.807) is 7.05 Å². The van der Waals surface area contributed by atoms with Crippen LogP contribution in [0.3, 0.4) is 0 Å². The van der Waals surface area contributed by atoms with Crippen LogP contribution in [0, 0.1) is 11.6 Å². The monoisotopic (exact) mass is 279 g/mol. The molecule has 0 amide bonds. The number of benzene rings is 1. The van der Waals surface area contributed by atoms with E-state index in [9.17, 15) is 17.6 Å². The lowest BCUT2D eigenvalue weighted by molar-refractivity contribution is 0.0146. The second-order valence-electron chi connectivity index (χ2n) is 4.22. The van der Waals surface area contributed by atoms with E-state index in [4.69, 9.17) is 4.74 Å². The number of hydrogen-bond acceptors (Lipinski definition) is 2. The van der Waals surface area contributed by atoms with E-state index < -0.39 is 24.7 Å². The molecular formula is C13H17F4NO. The Kier molecular flexibility index (Phi) is 6.80. The SMILES string of the molecule is CNC(CCOCC(F)F)Cc1cc(F)cc(F)c1. The molecule has 0 saturated heterocycles. The molecule has 1 N–H and O–H groups in total. The minimum Gasteiger partial charge on any atom is -0.375 e. The summed E-state index contributed by atoms with van der Waals surface area (Å²) in [5, 5.41) is 2.97. The molecule has 1 atom stereocenters. The van der Waals surface area contributed by atoms with Crippen molar-refractivity contribution in [2.24, 2.45) is 0 Å². The molecule has 0 aromatic heterocycles. The van der Waals surface area contributed by atoms with Crippen molar-refractivity contribution in [2.75, 3.05) is 20.3 Å². The van der Waals surface area contributed by atoms with Crippen molar-refractivity contribution in [3.63, 3.8) is 0 Å². The van der Waals surface area contributed by atoms with Crippen LogP contribution >= 0.6 is 0 Å². The Balaban J connectivity index is 2.43. The molecule has 0 aliphatic rings. The maximum Gasteiger partial charge on any atom is 0.261 e. The van der Waals surface area contributed by atoms with Gasteiger partial charge in [0.15, 0.2) is 0 Å². The number of rotatable bonds is 8. The molecule has 1 rings (SSSR count). The molecule has 2 nitrogen and oxygen atoms in total. The molecule has 0 spiro atoms. The zero-order valence-electron chi connectivity index (χ0n) is 10.6. The van der Waals surface area contributed by atoms with Crippen molar-refractivity contribution in [1.82, 2.24) is 5.32 Å². The number of likely N-dealkylation sites (N-methyl/N-ethyl adjacent to an activating group) is 1. The summed E-state index contributed by atoms with van der Waals surface area (Å²) < 4.78 is 54.5. The molecule has 1 aromatic carbocycles. The summed E-state index contributed by atoms with van der Waals surface area (Å²) in [6, 6.07) is 3.24. The van der Waals surface area contributed by atoms with E-state index in [1.165, 1.54) is 12.1 Å². The summed E-state index contributed by atoms with van der Waals surface area (Å²) in [4.78, 5) is 0. The highest BCUT2D eigenvalue weighted by Crippen LogP contribution is 2.11. The van der Waals surface area contributed by atoms with E-state index in [1.807, 2.05) is 0 Å². The maximum absolute atomic E-state index is 13.0. The van der Waals surface area contributed by atoms with E-state index in [2.05, 4.69) is 5.32 Å². The zero-order valence-corrected chi connectivity index (χ0v) is 10.6. The van der Waals surface area contributed by atoms with Crippen LogP contribution in [0.4, 0.5) is 17.6 Å². The Bertz CT molecular complexity index is 367. The first-order valence-electron chi connectivity index (χ1n) is 5.99. The van der Waals surface area contributed by atoms with Crippen molar-refractivity contribution in [1.29, 1.82) is 0 Å². The van der Waals surface area contributed by atoms with Crippen molar-refractivity contribution in [2.45, 2.75) is 25.3 Å². The minimum absolute atomic E-state index is 0.0844. The Morgan fingerprint density at radius 1 is 1.16 bits per heavy atom. The zero-order chi connectivity index (χ0) is 14.3. The summed E-state index contributed by atoms with van der Waals surface area (Å²) in [6.45, 7) is -0.418. The second kappa shape index (κ2) is 8.12. The number of hydrogen-bond donors (Lipinski definition) is 1. The van der Waals surface area contributed by atoms with Gasteiger partial charge in [-0.15, -0.1) is 0 Å². The standard InChI is InChI=1S/C13H17F4NO/c1-18-12(2-3-19-8-13(16)17)6-9-4-10(14)7-11(15)5-9/h4-5,7,12-13,18H,2-3,6,8H2,1H3. The Hall–Kier alpha value is -1.14. The van der Waals surface area contributed by atoms with E-state index in [0.29, 0.717) is 18.4 Å². The topological polar surface area (TPSA) is 21.3 Å². The van der Waals surface area contributed by atoms with Crippen molar-refractivity contribution in [3.8, 4) is 0 Å². The molecular weight excluding hydrogens is 262 g/mol. The molecule has 0 fully saturated rings. The van der Waals surface area contributed by atoms with Gasteiger partial charge in [-0.25, -0.2) is 17.6 Å². The summed E-state index contributed by atoms with van der Waals surface area (Å²) in [6.07, 6.45) is -1.59. The molecule has 1 unspecified atom stereocenters. The third kappa shape index (κ3) is 6.54. The molecule has 0 bridgehead atoms. The average Bonchev–Trinajstić information content (AvgIpc) is 2.31. The van der Waals surface area contributed by atoms with Crippen molar-refractivity contribution < 1.29 is 22.3 Å². The number of alkyl halides is 2. The van der Waals surface area contributed by atoms with Crippen LogP contribution in [0.15, 0.2) is 18.2 Å². The van der Waals surface area contributed by atoms with Crippen LogP contribution in [0.2, 0.25) is 0 Å².